The predicted molar refractivity (Wildman–Crippen MR) is 53.1 cm³/mol. The number of nitrogens with zero attached hydrogens (tertiary/aromatic N) is 1. The van der Waals surface area contributed by atoms with Crippen molar-refractivity contribution in [2.75, 3.05) is 20.1 Å². The molecule has 0 aromatic rings. The van der Waals surface area contributed by atoms with Gasteiger partial charge < -0.3 is 15.3 Å². The summed E-state index contributed by atoms with van der Waals surface area (Å²) in [6.07, 6.45) is 0. The molecule has 6 heteroatoms. The zero-order chi connectivity index (χ0) is 12.0. The van der Waals surface area contributed by atoms with Crippen LogP contribution in [0.5, 0.6) is 0 Å². The minimum Gasteiger partial charge on any atom is -0.474 e. The van der Waals surface area contributed by atoms with E-state index in [1.165, 1.54) is 7.05 Å². The van der Waals surface area contributed by atoms with Crippen molar-refractivity contribution in [3.63, 3.8) is 0 Å². The van der Waals surface area contributed by atoms with E-state index in [1.54, 1.807) is 0 Å². The number of aliphatic carboxylic acids is 1. The average Bonchev–Trinajstić information content (AvgIpc) is 2.13. The number of rotatable bonds is 4. The average molecular weight is 216 g/mol. The van der Waals surface area contributed by atoms with Crippen LogP contribution in [0.1, 0.15) is 13.8 Å². The second kappa shape index (κ2) is 6.00. The second-order valence-electron chi connectivity index (χ2n) is 3.66. The van der Waals surface area contributed by atoms with Gasteiger partial charge >= 0.3 is 11.9 Å². The first-order valence-corrected chi connectivity index (χ1v) is 4.59. The summed E-state index contributed by atoms with van der Waals surface area (Å²) in [4.78, 5) is 33.2. The number of amides is 2. The van der Waals surface area contributed by atoms with Gasteiger partial charge in [0.2, 0.25) is 5.91 Å². The highest BCUT2D eigenvalue weighted by molar-refractivity contribution is 6.31. The van der Waals surface area contributed by atoms with Crippen molar-refractivity contribution in [2.24, 2.45) is 5.92 Å². The summed E-state index contributed by atoms with van der Waals surface area (Å²) in [6.45, 7) is 4.14. The van der Waals surface area contributed by atoms with Crippen LogP contribution in [0.2, 0.25) is 0 Å². The first-order chi connectivity index (χ1) is 6.84. The molecule has 0 bridgehead atoms. The van der Waals surface area contributed by atoms with Crippen LogP contribution in [0.25, 0.3) is 0 Å². The molecule has 0 saturated carbocycles. The van der Waals surface area contributed by atoms with Crippen LogP contribution in [-0.2, 0) is 14.4 Å². The Hall–Kier alpha value is -1.59. The Morgan fingerprint density at radius 3 is 2.27 bits per heavy atom. The number of hydrogen-bond donors (Lipinski definition) is 2. The monoisotopic (exact) mass is 216 g/mol. The molecule has 2 N–H and O–H groups in total. The topological polar surface area (TPSA) is 86.7 Å². The van der Waals surface area contributed by atoms with Gasteiger partial charge in [-0.15, -0.1) is 0 Å². The predicted octanol–water partition coefficient (Wildman–Crippen LogP) is -0.698. The van der Waals surface area contributed by atoms with Crippen molar-refractivity contribution in [3.05, 3.63) is 0 Å². The van der Waals surface area contributed by atoms with Gasteiger partial charge in [-0.3, -0.25) is 9.59 Å². The molecule has 0 fully saturated rings. The highest BCUT2D eigenvalue weighted by Gasteiger charge is 2.19. The van der Waals surface area contributed by atoms with Crippen LogP contribution in [0.3, 0.4) is 0 Å². The fourth-order valence-electron chi connectivity index (χ4n) is 0.824. The molecule has 0 unspecified atom stereocenters. The van der Waals surface area contributed by atoms with Crippen LogP contribution in [0.15, 0.2) is 0 Å². The van der Waals surface area contributed by atoms with E-state index in [0.717, 1.165) is 4.90 Å². The third-order valence-electron chi connectivity index (χ3n) is 1.62. The van der Waals surface area contributed by atoms with Crippen molar-refractivity contribution in [1.29, 1.82) is 0 Å². The van der Waals surface area contributed by atoms with Crippen molar-refractivity contribution >= 4 is 17.8 Å². The number of likely N-dealkylation sites (N-methyl/N-ethyl adjacent to an activating group) is 1. The van der Waals surface area contributed by atoms with Gasteiger partial charge in [0.1, 0.15) is 0 Å². The number of hydrogen-bond acceptors (Lipinski definition) is 3. The Balaban J connectivity index is 3.96. The Bertz CT molecular complexity index is 263. The first kappa shape index (κ1) is 13.4. The fraction of sp³-hybridized carbons (Fsp3) is 0.667. The number of carbonyl (C=O) groups is 3. The standard InChI is InChI=1S/C9H16N2O4/c1-6(2)4-10-7(12)5-11(3)8(13)9(14)15/h6H,4-5H2,1-3H3,(H,10,12)(H,14,15). The quantitative estimate of drug-likeness (QED) is 0.608. The molecular weight excluding hydrogens is 200 g/mol. The molecular formula is C9H16N2O4. The van der Waals surface area contributed by atoms with Crippen molar-refractivity contribution in [2.45, 2.75) is 13.8 Å². The zero-order valence-corrected chi connectivity index (χ0v) is 9.11. The molecule has 0 atom stereocenters. The van der Waals surface area contributed by atoms with E-state index in [4.69, 9.17) is 5.11 Å². The molecule has 86 valence electrons. The van der Waals surface area contributed by atoms with Crippen LogP contribution in [0, 0.1) is 5.92 Å². The second-order valence-corrected chi connectivity index (χ2v) is 3.66. The molecule has 0 heterocycles. The molecule has 0 aromatic carbocycles. The fourth-order valence-corrected chi connectivity index (χ4v) is 0.824. The molecule has 0 rings (SSSR count). The summed E-state index contributed by atoms with van der Waals surface area (Å²) < 4.78 is 0. The molecule has 0 aromatic heterocycles. The molecule has 6 nitrogen and oxygen atoms in total. The van der Waals surface area contributed by atoms with Crippen molar-refractivity contribution in [1.82, 2.24) is 10.2 Å². The summed E-state index contributed by atoms with van der Waals surface area (Å²) in [5, 5.41) is 10.9. The molecule has 0 saturated heterocycles. The molecule has 2 amide bonds. The maximum absolute atomic E-state index is 11.2. The smallest absolute Gasteiger partial charge is 0.394 e. The minimum absolute atomic E-state index is 0.238. The third-order valence-corrected chi connectivity index (χ3v) is 1.62. The Labute approximate surface area is 88.2 Å². The number of carboxylic acids is 1. The summed E-state index contributed by atoms with van der Waals surface area (Å²) in [6, 6.07) is 0. The van der Waals surface area contributed by atoms with E-state index in [1.807, 2.05) is 13.8 Å². The van der Waals surface area contributed by atoms with E-state index < -0.39 is 11.9 Å². The van der Waals surface area contributed by atoms with Crippen molar-refractivity contribution < 1.29 is 19.5 Å². The third kappa shape index (κ3) is 5.66. The molecule has 0 radical (unpaired) electrons. The van der Waals surface area contributed by atoms with Gasteiger partial charge in [-0.05, 0) is 5.92 Å². The summed E-state index contributed by atoms with van der Waals surface area (Å²) >= 11 is 0. The van der Waals surface area contributed by atoms with Gasteiger partial charge in [0.25, 0.3) is 0 Å². The largest absolute Gasteiger partial charge is 0.474 e. The van der Waals surface area contributed by atoms with Crippen LogP contribution in [0.4, 0.5) is 0 Å². The zero-order valence-electron chi connectivity index (χ0n) is 9.11. The van der Waals surface area contributed by atoms with E-state index in [9.17, 15) is 14.4 Å². The lowest BCUT2D eigenvalue weighted by molar-refractivity contribution is -0.155. The van der Waals surface area contributed by atoms with E-state index in [-0.39, 0.29) is 12.5 Å². The Morgan fingerprint density at radius 1 is 1.33 bits per heavy atom. The van der Waals surface area contributed by atoms with Crippen LogP contribution < -0.4 is 5.32 Å². The van der Waals surface area contributed by atoms with Crippen LogP contribution in [-0.4, -0.2) is 47.9 Å². The lowest BCUT2D eigenvalue weighted by Crippen LogP contribution is -2.41. The number of nitrogens with one attached hydrogen (secondary N) is 1. The van der Waals surface area contributed by atoms with Crippen molar-refractivity contribution in [3.8, 4) is 0 Å². The molecule has 15 heavy (non-hydrogen) atoms. The van der Waals surface area contributed by atoms with Gasteiger partial charge in [0, 0.05) is 13.6 Å². The van der Waals surface area contributed by atoms with E-state index in [2.05, 4.69) is 5.32 Å². The Kier molecular flexibility index (Phi) is 5.36. The maximum Gasteiger partial charge on any atom is 0.394 e. The van der Waals surface area contributed by atoms with E-state index in [0.29, 0.717) is 12.5 Å². The molecule has 0 aliphatic heterocycles. The van der Waals surface area contributed by atoms with E-state index >= 15 is 0 Å². The summed E-state index contributed by atoms with van der Waals surface area (Å²) in [7, 11) is 1.27. The number of carbonyl (C=O) groups excluding carboxylic acids is 2. The lowest BCUT2D eigenvalue weighted by Gasteiger charge is -2.14. The van der Waals surface area contributed by atoms with Gasteiger partial charge in [-0.1, -0.05) is 13.8 Å². The van der Waals surface area contributed by atoms with Gasteiger partial charge in [-0.2, -0.15) is 0 Å². The van der Waals surface area contributed by atoms with Gasteiger partial charge in [0.05, 0.1) is 6.54 Å². The highest BCUT2D eigenvalue weighted by atomic mass is 16.4. The van der Waals surface area contributed by atoms with Crippen LogP contribution >= 0.6 is 0 Å². The Morgan fingerprint density at radius 2 is 1.87 bits per heavy atom. The summed E-state index contributed by atoms with van der Waals surface area (Å²) in [5.41, 5.74) is 0. The first-order valence-electron chi connectivity index (χ1n) is 4.59. The highest BCUT2D eigenvalue weighted by Crippen LogP contribution is 1.89. The molecule has 0 aliphatic carbocycles. The number of carboxylic acid groups (broad SMARTS) is 1. The van der Waals surface area contributed by atoms with Gasteiger partial charge in [-0.25, -0.2) is 4.79 Å². The molecule has 0 spiro atoms. The minimum atomic E-state index is -1.56. The van der Waals surface area contributed by atoms with Gasteiger partial charge in [0.15, 0.2) is 0 Å². The normalized spacial score (nSPS) is 9.87. The molecule has 0 aliphatic rings. The lowest BCUT2D eigenvalue weighted by atomic mass is 10.2. The SMILES string of the molecule is CC(C)CNC(=O)CN(C)C(=O)C(=O)O. The summed E-state index contributed by atoms with van der Waals surface area (Å²) in [5.74, 6) is -2.70. The maximum atomic E-state index is 11.2.